The van der Waals surface area contributed by atoms with Gasteiger partial charge in [0.1, 0.15) is 0 Å². The van der Waals surface area contributed by atoms with Gasteiger partial charge in [0, 0.05) is 19.1 Å². The molecule has 1 saturated heterocycles. The highest BCUT2D eigenvalue weighted by molar-refractivity contribution is 5.76. The number of hydrogen-bond donors (Lipinski definition) is 1. The van der Waals surface area contributed by atoms with E-state index >= 15 is 0 Å². The van der Waals surface area contributed by atoms with Gasteiger partial charge in [0.05, 0.1) is 5.54 Å². The van der Waals surface area contributed by atoms with Crippen LogP contribution in [-0.4, -0.2) is 49.1 Å². The zero-order chi connectivity index (χ0) is 16.4. The molecule has 126 valence electrons. The Hall–Kier alpha value is -1.55. The number of aryl methyl sites for hydroxylation is 1. The zero-order valence-electron chi connectivity index (χ0n) is 14.6. The predicted molar refractivity (Wildman–Crippen MR) is 93.5 cm³/mol. The van der Waals surface area contributed by atoms with Crippen molar-refractivity contribution in [3.05, 3.63) is 35.4 Å². The Kier molecular flexibility index (Phi) is 4.62. The molecule has 1 atom stereocenters. The van der Waals surface area contributed by atoms with E-state index in [-0.39, 0.29) is 11.6 Å². The molecule has 1 aliphatic heterocycles. The van der Waals surface area contributed by atoms with Crippen LogP contribution in [0.15, 0.2) is 24.3 Å². The molecule has 0 radical (unpaired) electrons. The molecule has 23 heavy (non-hydrogen) atoms. The highest BCUT2D eigenvalue weighted by atomic mass is 16.2. The molecule has 2 amide bonds. The van der Waals surface area contributed by atoms with Crippen molar-refractivity contribution in [3.63, 3.8) is 0 Å². The van der Waals surface area contributed by atoms with E-state index in [1.807, 2.05) is 4.90 Å². The Labute approximate surface area is 139 Å². The summed E-state index contributed by atoms with van der Waals surface area (Å²) in [6, 6.07) is 9.26. The molecular weight excluding hydrogens is 286 g/mol. The summed E-state index contributed by atoms with van der Waals surface area (Å²) in [5.74, 6) is 0. The first-order valence-corrected chi connectivity index (χ1v) is 8.81. The molecule has 3 rings (SSSR count). The molecule has 1 heterocycles. The second-order valence-electron chi connectivity index (χ2n) is 7.42. The van der Waals surface area contributed by atoms with Crippen LogP contribution in [0.4, 0.5) is 4.79 Å². The smallest absolute Gasteiger partial charge is 0.318 e. The largest absolute Gasteiger partial charge is 0.328 e. The third kappa shape index (κ3) is 3.69. The molecule has 1 N–H and O–H groups in total. The molecular formula is C19H29N3O. The summed E-state index contributed by atoms with van der Waals surface area (Å²) in [5.41, 5.74) is 2.40. The quantitative estimate of drug-likeness (QED) is 0.930. The fourth-order valence-electron chi connectivity index (χ4n) is 3.64. The molecule has 0 spiro atoms. The van der Waals surface area contributed by atoms with Gasteiger partial charge in [0.25, 0.3) is 0 Å². The summed E-state index contributed by atoms with van der Waals surface area (Å²) in [6.45, 7) is 3.84. The standard InChI is InChI=1S/C19H29N3O/c1-15-6-4-7-16(14-15)19(10-11-19)20-18(23)22-12-5-8-17(9-13-22)21(2)3/h4,6-7,14,17H,5,8-13H2,1-3H3,(H,20,23)/t17-/m0/s1. The van der Waals surface area contributed by atoms with Crippen molar-refractivity contribution in [1.82, 2.24) is 15.1 Å². The normalized spacial score (nSPS) is 23.5. The second-order valence-corrected chi connectivity index (χ2v) is 7.42. The third-order valence-corrected chi connectivity index (χ3v) is 5.38. The highest BCUT2D eigenvalue weighted by Crippen LogP contribution is 2.45. The summed E-state index contributed by atoms with van der Waals surface area (Å²) in [7, 11) is 4.27. The first-order chi connectivity index (χ1) is 11.0. The molecule has 2 aliphatic rings. The fraction of sp³-hybridized carbons (Fsp3) is 0.632. The monoisotopic (exact) mass is 315 g/mol. The molecule has 4 heteroatoms. The van der Waals surface area contributed by atoms with Gasteiger partial charge in [-0.15, -0.1) is 0 Å². The Morgan fingerprint density at radius 2 is 2.04 bits per heavy atom. The summed E-state index contributed by atoms with van der Waals surface area (Å²) in [4.78, 5) is 17.0. The zero-order valence-corrected chi connectivity index (χ0v) is 14.6. The van der Waals surface area contributed by atoms with Gasteiger partial charge in [-0.1, -0.05) is 29.8 Å². The minimum Gasteiger partial charge on any atom is -0.328 e. The summed E-state index contributed by atoms with van der Waals surface area (Å²) in [5, 5.41) is 3.33. The first kappa shape index (κ1) is 16.3. The van der Waals surface area contributed by atoms with Crippen molar-refractivity contribution in [3.8, 4) is 0 Å². The molecule has 1 saturated carbocycles. The van der Waals surface area contributed by atoms with Gasteiger partial charge in [-0.25, -0.2) is 4.79 Å². The van der Waals surface area contributed by atoms with E-state index in [0.717, 1.165) is 38.8 Å². The Balaban J connectivity index is 1.63. The van der Waals surface area contributed by atoms with Crippen LogP contribution in [0.2, 0.25) is 0 Å². The van der Waals surface area contributed by atoms with E-state index in [2.05, 4.69) is 55.5 Å². The SMILES string of the molecule is Cc1cccc(C2(NC(=O)N3CCC[C@H](N(C)C)CC3)CC2)c1. The number of nitrogens with one attached hydrogen (secondary N) is 1. The molecule has 0 bridgehead atoms. The van der Waals surface area contributed by atoms with E-state index in [0.29, 0.717) is 6.04 Å². The Morgan fingerprint density at radius 1 is 1.26 bits per heavy atom. The molecule has 0 unspecified atom stereocenters. The topological polar surface area (TPSA) is 35.6 Å². The van der Waals surface area contributed by atoms with Crippen molar-refractivity contribution in [2.75, 3.05) is 27.2 Å². The van der Waals surface area contributed by atoms with E-state index in [4.69, 9.17) is 0 Å². The number of hydrogen-bond acceptors (Lipinski definition) is 2. The van der Waals surface area contributed by atoms with E-state index < -0.39 is 0 Å². The minimum atomic E-state index is -0.115. The van der Waals surface area contributed by atoms with Crippen molar-refractivity contribution in [2.45, 2.75) is 50.6 Å². The fourth-order valence-corrected chi connectivity index (χ4v) is 3.64. The number of rotatable bonds is 3. The number of nitrogens with zero attached hydrogens (tertiary/aromatic N) is 2. The van der Waals surface area contributed by atoms with Crippen LogP contribution in [0.1, 0.15) is 43.2 Å². The van der Waals surface area contributed by atoms with Crippen LogP contribution >= 0.6 is 0 Å². The number of likely N-dealkylation sites (tertiary alicyclic amines) is 1. The average molecular weight is 315 g/mol. The van der Waals surface area contributed by atoms with Crippen LogP contribution in [0.5, 0.6) is 0 Å². The summed E-state index contributed by atoms with van der Waals surface area (Å²) >= 11 is 0. The average Bonchev–Trinajstić information content (AvgIpc) is 3.30. The number of carbonyl (C=O) groups is 1. The molecule has 4 nitrogen and oxygen atoms in total. The lowest BCUT2D eigenvalue weighted by atomic mass is 10.0. The second kappa shape index (κ2) is 6.52. The van der Waals surface area contributed by atoms with Gasteiger partial charge in [0.15, 0.2) is 0 Å². The minimum absolute atomic E-state index is 0.114. The van der Waals surface area contributed by atoms with Crippen molar-refractivity contribution in [2.24, 2.45) is 0 Å². The number of amides is 2. The molecule has 1 aromatic rings. The lowest BCUT2D eigenvalue weighted by molar-refractivity contribution is 0.192. The predicted octanol–water partition coefficient (Wildman–Crippen LogP) is 3.11. The molecule has 1 aliphatic carbocycles. The van der Waals surface area contributed by atoms with E-state index in [9.17, 15) is 4.79 Å². The highest BCUT2D eigenvalue weighted by Gasteiger charge is 2.46. The van der Waals surface area contributed by atoms with Gasteiger partial charge in [-0.05, 0) is 58.7 Å². The Morgan fingerprint density at radius 3 is 2.70 bits per heavy atom. The molecule has 1 aromatic carbocycles. The van der Waals surface area contributed by atoms with Gasteiger partial charge in [-0.3, -0.25) is 0 Å². The number of urea groups is 1. The lowest BCUT2D eigenvalue weighted by Gasteiger charge is -2.26. The molecule has 0 aromatic heterocycles. The summed E-state index contributed by atoms with van der Waals surface area (Å²) < 4.78 is 0. The van der Waals surface area contributed by atoms with Gasteiger partial charge >= 0.3 is 6.03 Å². The first-order valence-electron chi connectivity index (χ1n) is 8.81. The summed E-state index contributed by atoms with van der Waals surface area (Å²) in [6.07, 6.45) is 5.44. The molecule has 2 fully saturated rings. The number of benzene rings is 1. The van der Waals surface area contributed by atoms with Gasteiger partial charge in [0.2, 0.25) is 0 Å². The van der Waals surface area contributed by atoms with E-state index in [1.54, 1.807) is 0 Å². The van der Waals surface area contributed by atoms with Crippen LogP contribution in [0.25, 0.3) is 0 Å². The maximum atomic E-state index is 12.7. The van der Waals surface area contributed by atoms with E-state index in [1.165, 1.54) is 17.5 Å². The van der Waals surface area contributed by atoms with Crippen LogP contribution in [0.3, 0.4) is 0 Å². The maximum absolute atomic E-state index is 12.7. The van der Waals surface area contributed by atoms with Crippen molar-refractivity contribution < 1.29 is 4.79 Å². The lowest BCUT2D eigenvalue weighted by Crippen LogP contribution is -2.45. The Bertz CT molecular complexity index is 565. The van der Waals surface area contributed by atoms with Crippen LogP contribution < -0.4 is 5.32 Å². The third-order valence-electron chi connectivity index (χ3n) is 5.38. The van der Waals surface area contributed by atoms with Crippen molar-refractivity contribution in [1.29, 1.82) is 0 Å². The van der Waals surface area contributed by atoms with Crippen LogP contribution in [-0.2, 0) is 5.54 Å². The number of carbonyl (C=O) groups excluding carboxylic acids is 1. The maximum Gasteiger partial charge on any atom is 0.318 e. The van der Waals surface area contributed by atoms with Crippen molar-refractivity contribution >= 4 is 6.03 Å². The van der Waals surface area contributed by atoms with Crippen LogP contribution in [0, 0.1) is 6.92 Å². The van der Waals surface area contributed by atoms with Gasteiger partial charge in [-0.2, -0.15) is 0 Å². The van der Waals surface area contributed by atoms with Gasteiger partial charge < -0.3 is 15.1 Å².